The normalized spacial score (nSPS) is 52.6. The van der Waals surface area contributed by atoms with Gasteiger partial charge in [0.2, 0.25) is 0 Å². The van der Waals surface area contributed by atoms with Gasteiger partial charge in [0.05, 0.1) is 12.2 Å². The predicted octanol–water partition coefficient (Wildman–Crippen LogP) is 6.46. The van der Waals surface area contributed by atoms with E-state index in [1.807, 2.05) is 0 Å². The van der Waals surface area contributed by atoms with Crippen LogP contribution in [0.5, 0.6) is 0 Å². The number of allylic oxidation sites excluding steroid dienone is 1. The lowest BCUT2D eigenvalue weighted by Gasteiger charge is -2.64. The third-order valence-electron chi connectivity index (χ3n) is 11.5. The first kappa shape index (κ1) is 22.8. The summed E-state index contributed by atoms with van der Waals surface area (Å²) in [5.41, 5.74) is 0.692. The fourth-order valence-electron chi connectivity index (χ4n) is 9.74. The Kier molecular flexibility index (Phi) is 6.26. The Morgan fingerprint density at radius 2 is 1.63 bits per heavy atom. The van der Waals surface area contributed by atoms with Gasteiger partial charge in [0.25, 0.3) is 0 Å². The highest BCUT2D eigenvalue weighted by Crippen LogP contribution is 2.69. The average Bonchev–Trinajstić information content (AvgIpc) is 3.06. The largest absolute Gasteiger partial charge is 0.393 e. The summed E-state index contributed by atoms with van der Waals surface area (Å²) < 4.78 is 0. The summed E-state index contributed by atoms with van der Waals surface area (Å²) in [6, 6.07) is 0. The van der Waals surface area contributed by atoms with Crippen LogP contribution in [0.15, 0.2) is 12.7 Å². The average molecular weight is 417 g/mol. The van der Waals surface area contributed by atoms with E-state index in [1.165, 1.54) is 25.7 Å². The number of aliphatic hydroxyl groups is 2. The van der Waals surface area contributed by atoms with Gasteiger partial charge in [-0.05, 0) is 110 Å². The maximum atomic E-state index is 11.8. The molecule has 4 rings (SSSR count). The van der Waals surface area contributed by atoms with Gasteiger partial charge in [-0.2, -0.15) is 0 Å². The number of rotatable bonds is 5. The lowest BCUT2D eigenvalue weighted by Crippen LogP contribution is -2.62. The van der Waals surface area contributed by atoms with Gasteiger partial charge in [-0.15, -0.1) is 6.58 Å². The minimum Gasteiger partial charge on any atom is -0.393 e. The SMILES string of the molecule is C=CCC(C)[C@@H](C)[C@H]1CCC2C3C(CC[C@@]21C)[C@@]1(C)CC[C@@H](O)C[C@H]1[C@@H](CC)[C@H]3O. The van der Waals surface area contributed by atoms with Crippen molar-refractivity contribution in [1.82, 2.24) is 0 Å². The smallest absolute Gasteiger partial charge is 0.0605 e. The monoisotopic (exact) mass is 416 g/mol. The van der Waals surface area contributed by atoms with Crippen molar-refractivity contribution in [3.8, 4) is 0 Å². The van der Waals surface area contributed by atoms with Crippen molar-refractivity contribution in [2.24, 2.45) is 58.2 Å². The van der Waals surface area contributed by atoms with Crippen molar-refractivity contribution < 1.29 is 10.2 Å². The van der Waals surface area contributed by atoms with Gasteiger partial charge in [-0.25, -0.2) is 0 Å². The predicted molar refractivity (Wildman–Crippen MR) is 125 cm³/mol. The summed E-state index contributed by atoms with van der Waals surface area (Å²) in [5.74, 6) is 4.85. The first-order chi connectivity index (χ1) is 14.2. The molecule has 172 valence electrons. The first-order valence-corrected chi connectivity index (χ1v) is 13.2. The van der Waals surface area contributed by atoms with Crippen molar-refractivity contribution in [2.75, 3.05) is 0 Å². The van der Waals surface area contributed by atoms with Crippen LogP contribution in [0.25, 0.3) is 0 Å². The molecule has 0 aromatic carbocycles. The number of hydrogen-bond donors (Lipinski definition) is 2. The van der Waals surface area contributed by atoms with Crippen molar-refractivity contribution in [2.45, 2.75) is 105 Å². The second kappa shape index (κ2) is 8.22. The van der Waals surface area contributed by atoms with E-state index in [4.69, 9.17) is 0 Å². The number of fused-ring (bicyclic) bond motifs is 5. The molecular formula is C28H48O2. The molecule has 0 amide bonds. The molecule has 12 atom stereocenters. The Labute approximate surface area is 185 Å². The molecular weight excluding hydrogens is 368 g/mol. The zero-order chi connectivity index (χ0) is 21.8. The fourth-order valence-corrected chi connectivity index (χ4v) is 9.74. The van der Waals surface area contributed by atoms with Gasteiger partial charge < -0.3 is 10.2 Å². The first-order valence-electron chi connectivity index (χ1n) is 13.2. The van der Waals surface area contributed by atoms with E-state index < -0.39 is 0 Å². The van der Waals surface area contributed by atoms with Gasteiger partial charge in [0, 0.05) is 0 Å². The summed E-state index contributed by atoms with van der Waals surface area (Å²) >= 11 is 0. The van der Waals surface area contributed by atoms with E-state index in [2.05, 4.69) is 47.3 Å². The quantitative estimate of drug-likeness (QED) is 0.505. The molecule has 0 aromatic rings. The van der Waals surface area contributed by atoms with Crippen molar-refractivity contribution in [3.63, 3.8) is 0 Å². The van der Waals surface area contributed by atoms with Gasteiger partial charge in [-0.1, -0.05) is 47.1 Å². The lowest BCUT2D eigenvalue weighted by atomic mass is 9.41. The fraction of sp³-hybridized carbons (Fsp3) is 0.929. The minimum atomic E-state index is -0.173. The summed E-state index contributed by atoms with van der Waals surface area (Å²) in [7, 11) is 0. The zero-order valence-electron chi connectivity index (χ0n) is 20.3. The summed E-state index contributed by atoms with van der Waals surface area (Å²) in [4.78, 5) is 0. The summed E-state index contributed by atoms with van der Waals surface area (Å²) in [6.45, 7) is 16.3. The molecule has 4 aliphatic carbocycles. The summed E-state index contributed by atoms with van der Waals surface area (Å²) in [5, 5.41) is 22.2. The Morgan fingerprint density at radius 3 is 2.30 bits per heavy atom. The van der Waals surface area contributed by atoms with Gasteiger partial charge in [-0.3, -0.25) is 0 Å². The standard InChI is InChI=1S/C28H48O2/c1-7-9-17(3)18(4)21-10-11-22-25-23(13-15-27(21,22)5)28(6)14-12-19(29)16-24(28)20(8-2)26(25)30/h7,17-26,29-30H,1,8-16H2,2-6H3/t17?,18-,19-,20-,21-,22?,23?,24+,25?,26-,27-,28-/m1/s1. The van der Waals surface area contributed by atoms with Crippen LogP contribution < -0.4 is 0 Å². The molecule has 0 saturated heterocycles. The zero-order valence-corrected chi connectivity index (χ0v) is 20.3. The van der Waals surface area contributed by atoms with Gasteiger partial charge in [0.15, 0.2) is 0 Å². The van der Waals surface area contributed by atoms with E-state index in [9.17, 15) is 10.2 Å². The second-order valence-corrected chi connectivity index (χ2v) is 12.5. The molecule has 2 heteroatoms. The molecule has 2 nitrogen and oxygen atoms in total. The Bertz CT molecular complexity index is 630. The van der Waals surface area contributed by atoms with Crippen LogP contribution in [0, 0.1) is 58.2 Å². The molecule has 4 aliphatic rings. The van der Waals surface area contributed by atoms with E-state index in [-0.39, 0.29) is 12.2 Å². The Balaban J connectivity index is 1.65. The van der Waals surface area contributed by atoms with Crippen molar-refractivity contribution in [3.05, 3.63) is 12.7 Å². The van der Waals surface area contributed by atoms with Crippen LogP contribution in [0.3, 0.4) is 0 Å². The number of aliphatic hydroxyl groups excluding tert-OH is 2. The van der Waals surface area contributed by atoms with E-state index >= 15 is 0 Å². The topological polar surface area (TPSA) is 40.5 Å². The highest BCUT2D eigenvalue weighted by molar-refractivity contribution is 5.13. The summed E-state index contributed by atoms with van der Waals surface area (Å²) in [6.07, 6.45) is 12.2. The maximum Gasteiger partial charge on any atom is 0.0605 e. The third-order valence-corrected chi connectivity index (χ3v) is 11.5. The maximum absolute atomic E-state index is 11.8. The van der Waals surface area contributed by atoms with Crippen LogP contribution in [0.4, 0.5) is 0 Å². The third kappa shape index (κ3) is 3.26. The molecule has 0 heterocycles. The highest BCUT2D eigenvalue weighted by Gasteiger charge is 2.64. The lowest BCUT2D eigenvalue weighted by molar-refractivity contribution is -0.203. The van der Waals surface area contributed by atoms with E-state index in [1.54, 1.807) is 0 Å². The number of hydrogen-bond acceptors (Lipinski definition) is 2. The molecule has 4 unspecified atom stereocenters. The highest BCUT2D eigenvalue weighted by atomic mass is 16.3. The van der Waals surface area contributed by atoms with Crippen LogP contribution in [0.2, 0.25) is 0 Å². The molecule has 2 N–H and O–H groups in total. The second-order valence-electron chi connectivity index (χ2n) is 12.5. The van der Waals surface area contributed by atoms with Gasteiger partial charge >= 0.3 is 0 Å². The Hall–Kier alpha value is -0.340. The van der Waals surface area contributed by atoms with Crippen LogP contribution in [-0.4, -0.2) is 22.4 Å². The van der Waals surface area contributed by atoms with E-state index in [0.29, 0.717) is 46.3 Å². The molecule has 4 saturated carbocycles. The van der Waals surface area contributed by atoms with Crippen LogP contribution >= 0.6 is 0 Å². The molecule has 0 bridgehead atoms. The molecule has 0 aliphatic heterocycles. The minimum absolute atomic E-state index is 0.155. The Morgan fingerprint density at radius 1 is 0.967 bits per heavy atom. The molecule has 0 radical (unpaired) electrons. The van der Waals surface area contributed by atoms with Crippen molar-refractivity contribution in [1.29, 1.82) is 0 Å². The molecule has 30 heavy (non-hydrogen) atoms. The van der Waals surface area contributed by atoms with Gasteiger partial charge in [0.1, 0.15) is 0 Å². The van der Waals surface area contributed by atoms with E-state index in [0.717, 1.165) is 43.9 Å². The van der Waals surface area contributed by atoms with Crippen LogP contribution in [0.1, 0.15) is 92.4 Å². The molecule has 4 fully saturated rings. The molecule has 0 spiro atoms. The molecule has 0 aromatic heterocycles. The van der Waals surface area contributed by atoms with Crippen molar-refractivity contribution >= 4 is 0 Å². The van der Waals surface area contributed by atoms with Crippen LogP contribution in [-0.2, 0) is 0 Å².